The lowest BCUT2D eigenvalue weighted by molar-refractivity contribution is 0.0521. The number of carbonyl (C=O) groups is 1. The van der Waals surface area contributed by atoms with Gasteiger partial charge in [-0.25, -0.2) is 4.79 Å². The monoisotopic (exact) mass is 212 g/mol. The van der Waals surface area contributed by atoms with Crippen molar-refractivity contribution in [2.24, 2.45) is 0 Å². The van der Waals surface area contributed by atoms with Crippen molar-refractivity contribution < 1.29 is 19.1 Å². The van der Waals surface area contributed by atoms with Crippen molar-refractivity contribution in [2.45, 2.75) is 33.6 Å². The maximum Gasteiger partial charge on any atom is 0.345 e. The van der Waals surface area contributed by atoms with E-state index in [0.29, 0.717) is 17.9 Å². The first-order chi connectivity index (χ1) is 7.11. The highest BCUT2D eigenvalue weighted by atomic mass is 16.5. The lowest BCUT2D eigenvalue weighted by atomic mass is 10.1. The summed E-state index contributed by atoms with van der Waals surface area (Å²) in [5.41, 5.74) is 0.177. The molecule has 4 heteroatoms. The number of aromatic hydroxyl groups is 1. The molecular formula is C11H16O4. The molecule has 84 valence electrons. The van der Waals surface area contributed by atoms with E-state index < -0.39 is 5.97 Å². The first-order valence-corrected chi connectivity index (χ1v) is 5.10. The van der Waals surface area contributed by atoms with Crippen LogP contribution < -0.4 is 0 Å². The van der Waals surface area contributed by atoms with Crippen molar-refractivity contribution in [1.29, 1.82) is 0 Å². The third kappa shape index (κ3) is 2.32. The summed E-state index contributed by atoms with van der Waals surface area (Å²) < 4.78 is 10.2. The molecule has 1 aromatic rings. The zero-order valence-corrected chi connectivity index (χ0v) is 9.29. The highest BCUT2D eigenvalue weighted by Crippen LogP contribution is 2.30. The van der Waals surface area contributed by atoms with E-state index in [2.05, 4.69) is 0 Å². The minimum atomic E-state index is -0.518. The standard InChI is InChI=1S/C11H16O4/c1-4-6-8-9(11(13)14-5-2)10(12)7(3)15-8/h12H,4-6H2,1-3H3. The SMILES string of the molecule is CCCc1oc(C)c(O)c1C(=O)OCC. The molecule has 0 aliphatic carbocycles. The number of hydrogen-bond acceptors (Lipinski definition) is 4. The molecule has 0 saturated carbocycles. The number of hydrogen-bond donors (Lipinski definition) is 1. The molecule has 1 heterocycles. The van der Waals surface area contributed by atoms with Crippen LogP contribution in [-0.2, 0) is 11.2 Å². The van der Waals surface area contributed by atoms with Gasteiger partial charge in [-0.15, -0.1) is 0 Å². The van der Waals surface area contributed by atoms with Crippen LogP contribution in [0.2, 0.25) is 0 Å². The molecule has 0 unspecified atom stereocenters. The number of ether oxygens (including phenoxy) is 1. The van der Waals surface area contributed by atoms with Gasteiger partial charge in [0, 0.05) is 6.42 Å². The van der Waals surface area contributed by atoms with E-state index in [9.17, 15) is 9.90 Å². The van der Waals surface area contributed by atoms with Crippen molar-refractivity contribution in [2.75, 3.05) is 6.61 Å². The second-order valence-corrected chi connectivity index (χ2v) is 3.28. The van der Waals surface area contributed by atoms with Crippen LogP contribution in [0.25, 0.3) is 0 Å². The van der Waals surface area contributed by atoms with E-state index in [1.165, 1.54) is 0 Å². The highest BCUT2D eigenvalue weighted by molar-refractivity contribution is 5.93. The van der Waals surface area contributed by atoms with E-state index in [4.69, 9.17) is 9.15 Å². The molecule has 0 aliphatic heterocycles. The van der Waals surface area contributed by atoms with Crippen LogP contribution in [0.1, 0.15) is 42.1 Å². The molecule has 0 fully saturated rings. The van der Waals surface area contributed by atoms with Gasteiger partial charge in [0.2, 0.25) is 0 Å². The van der Waals surface area contributed by atoms with Crippen molar-refractivity contribution in [1.82, 2.24) is 0 Å². The Kier molecular flexibility index (Phi) is 3.77. The Morgan fingerprint density at radius 3 is 2.67 bits per heavy atom. The summed E-state index contributed by atoms with van der Waals surface area (Å²) in [5, 5.41) is 9.65. The van der Waals surface area contributed by atoms with Crippen LogP contribution in [0.4, 0.5) is 0 Å². The number of furan rings is 1. The van der Waals surface area contributed by atoms with Crippen LogP contribution >= 0.6 is 0 Å². The molecule has 15 heavy (non-hydrogen) atoms. The molecule has 0 atom stereocenters. The van der Waals surface area contributed by atoms with Gasteiger partial charge in [0.1, 0.15) is 17.1 Å². The summed E-state index contributed by atoms with van der Waals surface area (Å²) in [6, 6.07) is 0. The normalized spacial score (nSPS) is 10.3. The molecule has 1 rings (SSSR count). The first kappa shape index (κ1) is 11.6. The third-order valence-electron chi connectivity index (χ3n) is 2.08. The van der Waals surface area contributed by atoms with Gasteiger partial charge in [0.05, 0.1) is 6.61 Å². The maximum absolute atomic E-state index is 11.5. The second-order valence-electron chi connectivity index (χ2n) is 3.28. The fraction of sp³-hybridized carbons (Fsp3) is 0.545. The van der Waals surface area contributed by atoms with Gasteiger partial charge in [-0.05, 0) is 20.3 Å². The molecule has 0 radical (unpaired) electrons. The van der Waals surface area contributed by atoms with Gasteiger partial charge in [-0.2, -0.15) is 0 Å². The first-order valence-electron chi connectivity index (χ1n) is 5.10. The quantitative estimate of drug-likeness (QED) is 0.778. The Hall–Kier alpha value is -1.45. The fourth-order valence-electron chi connectivity index (χ4n) is 1.41. The van der Waals surface area contributed by atoms with Gasteiger partial charge < -0.3 is 14.3 Å². The largest absolute Gasteiger partial charge is 0.504 e. The van der Waals surface area contributed by atoms with Gasteiger partial charge >= 0.3 is 5.97 Å². The summed E-state index contributed by atoms with van der Waals surface area (Å²) in [6.45, 7) is 5.61. The molecule has 1 N–H and O–H groups in total. The van der Waals surface area contributed by atoms with E-state index in [-0.39, 0.29) is 17.9 Å². The number of carbonyl (C=O) groups excluding carboxylic acids is 1. The molecule has 0 aliphatic rings. The molecule has 0 saturated heterocycles. The van der Waals surface area contributed by atoms with Crippen molar-refractivity contribution in [3.8, 4) is 5.75 Å². The predicted octanol–water partition coefficient (Wildman–Crippen LogP) is 2.42. The predicted molar refractivity (Wildman–Crippen MR) is 55.1 cm³/mol. The lowest BCUT2D eigenvalue weighted by Gasteiger charge is -2.01. The Bertz CT molecular complexity index is 352. The van der Waals surface area contributed by atoms with Crippen LogP contribution in [-0.4, -0.2) is 17.7 Å². The molecule has 0 amide bonds. The smallest absolute Gasteiger partial charge is 0.345 e. The average Bonchev–Trinajstić information content (AvgIpc) is 2.44. The second kappa shape index (κ2) is 4.87. The maximum atomic E-state index is 11.5. The summed E-state index contributed by atoms with van der Waals surface area (Å²) in [7, 11) is 0. The zero-order chi connectivity index (χ0) is 11.4. The van der Waals surface area contributed by atoms with E-state index >= 15 is 0 Å². The van der Waals surface area contributed by atoms with Crippen LogP contribution in [0.3, 0.4) is 0 Å². The zero-order valence-electron chi connectivity index (χ0n) is 9.29. The van der Waals surface area contributed by atoms with Crippen LogP contribution in [0.15, 0.2) is 4.42 Å². The Labute approximate surface area is 88.8 Å². The highest BCUT2D eigenvalue weighted by Gasteiger charge is 2.23. The van der Waals surface area contributed by atoms with Gasteiger partial charge in [-0.1, -0.05) is 6.92 Å². The minimum absolute atomic E-state index is 0.100. The van der Waals surface area contributed by atoms with E-state index in [0.717, 1.165) is 6.42 Å². The summed E-state index contributed by atoms with van der Waals surface area (Å²) in [6.07, 6.45) is 1.47. The summed E-state index contributed by atoms with van der Waals surface area (Å²) in [5.74, 6) is 0.250. The average molecular weight is 212 g/mol. The summed E-state index contributed by atoms with van der Waals surface area (Å²) >= 11 is 0. The number of esters is 1. The van der Waals surface area contributed by atoms with Crippen LogP contribution in [0, 0.1) is 6.92 Å². The molecular weight excluding hydrogens is 196 g/mol. The van der Waals surface area contributed by atoms with Crippen LogP contribution in [0.5, 0.6) is 5.75 Å². The van der Waals surface area contributed by atoms with Gasteiger partial charge in [-0.3, -0.25) is 0 Å². The van der Waals surface area contributed by atoms with Crippen molar-refractivity contribution in [3.63, 3.8) is 0 Å². The Morgan fingerprint density at radius 2 is 2.13 bits per heavy atom. The fourth-order valence-corrected chi connectivity index (χ4v) is 1.41. The van der Waals surface area contributed by atoms with E-state index in [1.807, 2.05) is 6.92 Å². The molecule has 0 bridgehead atoms. The molecule has 0 spiro atoms. The lowest BCUT2D eigenvalue weighted by Crippen LogP contribution is -2.06. The topological polar surface area (TPSA) is 59.7 Å². The van der Waals surface area contributed by atoms with Gasteiger partial charge in [0.15, 0.2) is 5.75 Å². The molecule has 4 nitrogen and oxygen atoms in total. The summed E-state index contributed by atoms with van der Waals surface area (Å²) in [4.78, 5) is 11.5. The third-order valence-corrected chi connectivity index (χ3v) is 2.08. The van der Waals surface area contributed by atoms with Gasteiger partial charge in [0.25, 0.3) is 0 Å². The van der Waals surface area contributed by atoms with Crippen molar-refractivity contribution in [3.05, 3.63) is 17.1 Å². The molecule has 1 aromatic heterocycles. The molecule has 0 aromatic carbocycles. The minimum Gasteiger partial charge on any atom is -0.504 e. The van der Waals surface area contributed by atoms with E-state index in [1.54, 1.807) is 13.8 Å². The Balaban J connectivity index is 3.07. The number of aryl methyl sites for hydroxylation is 2. The number of rotatable bonds is 4. The Morgan fingerprint density at radius 1 is 1.47 bits per heavy atom. The van der Waals surface area contributed by atoms with Crippen molar-refractivity contribution >= 4 is 5.97 Å².